The van der Waals surface area contributed by atoms with Crippen LogP contribution in [-0.4, -0.2) is 28.3 Å². The molecule has 0 saturated heterocycles. The number of hydrogen-bond donors (Lipinski definition) is 2. The quantitative estimate of drug-likeness (QED) is 0.857. The summed E-state index contributed by atoms with van der Waals surface area (Å²) in [6, 6.07) is 7.31. The van der Waals surface area contributed by atoms with Crippen LogP contribution in [0.2, 0.25) is 0 Å². The number of amides is 2. The third-order valence-electron chi connectivity index (χ3n) is 4.75. The van der Waals surface area contributed by atoms with Crippen molar-refractivity contribution >= 4 is 11.8 Å². The van der Waals surface area contributed by atoms with Crippen LogP contribution in [0, 0.1) is 0 Å². The highest BCUT2D eigenvalue weighted by Gasteiger charge is 2.39. The predicted molar refractivity (Wildman–Crippen MR) is 79.1 cm³/mol. The number of carbonyl (C=O) groups is 2. The zero-order valence-electron chi connectivity index (χ0n) is 12.0. The summed E-state index contributed by atoms with van der Waals surface area (Å²) in [7, 11) is 0. The molecule has 0 bridgehead atoms. The second-order valence-electron chi connectivity index (χ2n) is 6.31. The van der Waals surface area contributed by atoms with E-state index in [9.17, 15) is 9.59 Å². The van der Waals surface area contributed by atoms with E-state index in [0.29, 0.717) is 19.4 Å². The third-order valence-corrected chi connectivity index (χ3v) is 4.75. The Morgan fingerprint density at radius 1 is 1.24 bits per heavy atom. The molecule has 1 heterocycles. The molecule has 2 aliphatic rings. The standard InChI is InChI=1S/C16H21N3O2/c17-15(21)13-8-11-4-1-2-5-12(11)10-19(13)14(20)9-16(18)6-3-7-16/h1-2,4-5,13H,3,6-10,18H2,(H2,17,21). The number of fused-ring (bicyclic) bond motifs is 1. The van der Waals surface area contributed by atoms with Gasteiger partial charge in [-0.15, -0.1) is 0 Å². The van der Waals surface area contributed by atoms with Crippen LogP contribution < -0.4 is 11.5 Å². The van der Waals surface area contributed by atoms with Crippen LogP contribution >= 0.6 is 0 Å². The highest BCUT2D eigenvalue weighted by molar-refractivity contribution is 5.88. The van der Waals surface area contributed by atoms with Crippen LogP contribution in [0.25, 0.3) is 0 Å². The molecule has 3 rings (SSSR count). The summed E-state index contributed by atoms with van der Waals surface area (Å²) in [5.74, 6) is -0.506. The van der Waals surface area contributed by atoms with Gasteiger partial charge >= 0.3 is 0 Å². The molecule has 112 valence electrons. The molecule has 5 nitrogen and oxygen atoms in total. The zero-order chi connectivity index (χ0) is 15.0. The van der Waals surface area contributed by atoms with Crippen LogP contribution in [0.4, 0.5) is 0 Å². The first-order valence-electron chi connectivity index (χ1n) is 7.43. The summed E-state index contributed by atoms with van der Waals surface area (Å²) >= 11 is 0. The molecule has 1 aromatic rings. The second-order valence-corrected chi connectivity index (χ2v) is 6.31. The van der Waals surface area contributed by atoms with Crippen LogP contribution in [0.3, 0.4) is 0 Å². The first kappa shape index (κ1) is 14.1. The van der Waals surface area contributed by atoms with E-state index >= 15 is 0 Å². The number of nitrogens with zero attached hydrogens (tertiary/aromatic N) is 1. The second kappa shape index (κ2) is 5.15. The minimum Gasteiger partial charge on any atom is -0.368 e. The maximum absolute atomic E-state index is 12.6. The highest BCUT2D eigenvalue weighted by Crippen LogP contribution is 2.34. The topological polar surface area (TPSA) is 89.4 Å². The maximum Gasteiger partial charge on any atom is 0.240 e. The number of primary amides is 1. The highest BCUT2D eigenvalue weighted by atomic mass is 16.2. The molecule has 1 aliphatic carbocycles. The van der Waals surface area contributed by atoms with Crippen LogP contribution in [0.1, 0.15) is 36.8 Å². The molecule has 1 saturated carbocycles. The fraction of sp³-hybridized carbons (Fsp3) is 0.500. The Labute approximate surface area is 124 Å². The van der Waals surface area contributed by atoms with Gasteiger partial charge in [-0.2, -0.15) is 0 Å². The largest absolute Gasteiger partial charge is 0.368 e. The molecule has 0 spiro atoms. The summed E-state index contributed by atoms with van der Waals surface area (Å²) in [5.41, 5.74) is 13.5. The van der Waals surface area contributed by atoms with Crippen molar-refractivity contribution in [3.05, 3.63) is 35.4 Å². The van der Waals surface area contributed by atoms with Crippen molar-refractivity contribution in [1.82, 2.24) is 4.90 Å². The van der Waals surface area contributed by atoms with Gasteiger partial charge in [0.25, 0.3) is 0 Å². The SMILES string of the molecule is NC(=O)C1Cc2ccccc2CN1C(=O)CC1(N)CCC1. The number of hydrogen-bond acceptors (Lipinski definition) is 3. The molecule has 1 aliphatic heterocycles. The fourth-order valence-corrected chi connectivity index (χ4v) is 3.25. The van der Waals surface area contributed by atoms with E-state index in [2.05, 4.69) is 0 Å². The van der Waals surface area contributed by atoms with Gasteiger partial charge in [-0.25, -0.2) is 0 Å². The molecule has 2 amide bonds. The van der Waals surface area contributed by atoms with Crippen molar-refractivity contribution in [2.24, 2.45) is 11.5 Å². The first-order valence-corrected chi connectivity index (χ1v) is 7.43. The van der Waals surface area contributed by atoms with Gasteiger partial charge in [-0.3, -0.25) is 9.59 Å². The lowest BCUT2D eigenvalue weighted by Crippen LogP contribution is -2.55. The van der Waals surface area contributed by atoms with Gasteiger partial charge in [-0.1, -0.05) is 24.3 Å². The van der Waals surface area contributed by atoms with E-state index in [4.69, 9.17) is 11.5 Å². The minimum atomic E-state index is -0.559. The average molecular weight is 287 g/mol. The Bertz CT molecular complexity index is 581. The molecular weight excluding hydrogens is 266 g/mol. The lowest BCUT2D eigenvalue weighted by atomic mass is 9.75. The lowest BCUT2D eigenvalue weighted by molar-refractivity contribution is -0.142. The lowest BCUT2D eigenvalue weighted by Gasteiger charge is -2.41. The molecule has 21 heavy (non-hydrogen) atoms. The molecule has 1 atom stereocenters. The van der Waals surface area contributed by atoms with E-state index in [1.54, 1.807) is 4.90 Å². The molecular formula is C16H21N3O2. The Kier molecular flexibility index (Phi) is 3.45. The van der Waals surface area contributed by atoms with Crippen molar-refractivity contribution in [3.63, 3.8) is 0 Å². The smallest absolute Gasteiger partial charge is 0.240 e. The monoisotopic (exact) mass is 287 g/mol. The predicted octanol–water partition coefficient (Wildman–Crippen LogP) is 0.697. The normalized spacial score (nSPS) is 23.1. The van der Waals surface area contributed by atoms with E-state index in [0.717, 1.165) is 30.4 Å². The van der Waals surface area contributed by atoms with Crippen molar-refractivity contribution in [2.75, 3.05) is 0 Å². The molecule has 1 fully saturated rings. The Balaban J connectivity index is 1.82. The van der Waals surface area contributed by atoms with Crippen molar-refractivity contribution in [2.45, 2.75) is 50.2 Å². The fourth-order valence-electron chi connectivity index (χ4n) is 3.25. The van der Waals surface area contributed by atoms with Gasteiger partial charge in [0.2, 0.25) is 11.8 Å². The average Bonchev–Trinajstić information content (AvgIpc) is 2.44. The first-order chi connectivity index (χ1) is 9.98. The van der Waals surface area contributed by atoms with Crippen LogP contribution in [0.15, 0.2) is 24.3 Å². The summed E-state index contributed by atoms with van der Waals surface area (Å²) in [5, 5.41) is 0. The maximum atomic E-state index is 12.6. The minimum absolute atomic E-state index is 0.0597. The van der Waals surface area contributed by atoms with E-state index in [1.807, 2.05) is 24.3 Å². The van der Waals surface area contributed by atoms with Gasteiger partial charge in [0, 0.05) is 24.9 Å². The van der Waals surface area contributed by atoms with E-state index in [1.165, 1.54) is 0 Å². The van der Waals surface area contributed by atoms with Gasteiger partial charge in [0.15, 0.2) is 0 Å². The third kappa shape index (κ3) is 2.65. The van der Waals surface area contributed by atoms with Crippen molar-refractivity contribution in [1.29, 1.82) is 0 Å². The Morgan fingerprint density at radius 2 is 1.90 bits per heavy atom. The molecule has 0 aromatic heterocycles. The Hall–Kier alpha value is -1.88. The van der Waals surface area contributed by atoms with Gasteiger partial charge in [0.05, 0.1) is 0 Å². The summed E-state index contributed by atoms with van der Waals surface area (Å²) in [6.07, 6.45) is 3.63. The van der Waals surface area contributed by atoms with Gasteiger partial charge in [0.1, 0.15) is 6.04 Å². The van der Waals surface area contributed by atoms with Gasteiger partial charge in [-0.05, 0) is 30.4 Å². The number of rotatable bonds is 3. The summed E-state index contributed by atoms with van der Waals surface area (Å²) in [4.78, 5) is 25.9. The van der Waals surface area contributed by atoms with Crippen molar-refractivity contribution in [3.8, 4) is 0 Å². The van der Waals surface area contributed by atoms with Crippen LogP contribution in [0.5, 0.6) is 0 Å². The van der Waals surface area contributed by atoms with Gasteiger partial charge < -0.3 is 16.4 Å². The van der Waals surface area contributed by atoms with E-state index in [-0.39, 0.29) is 11.4 Å². The molecule has 4 N–H and O–H groups in total. The number of benzene rings is 1. The molecule has 0 radical (unpaired) electrons. The summed E-state index contributed by atoms with van der Waals surface area (Å²) < 4.78 is 0. The van der Waals surface area contributed by atoms with Crippen molar-refractivity contribution < 1.29 is 9.59 Å². The molecule has 1 unspecified atom stereocenters. The Morgan fingerprint density at radius 3 is 2.48 bits per heavy atom. The van der Waals surface area contributed by atoms with E-state index < -0.39 is 11.9 Å². The molecule has 1 aromatic carbocycles. The zero-order valence-corrected chi connectivity index (χ0v) is 12.0. The van der Waals surface area contributed by atoms with Crippen LogP contribution in [-0.2, 0) is 22.6 Å². The molecule has 5 heteroatoms. The number of carbonyl (C=O) groups excluding carboxylic acids is 2. The number of nitrogens with two attached hydrogens (primary N) is 2. The summed E-state index contributed by atoms with van der Waals surface area (Å²) in [6.45, 7) is 0.443.